The van der Waals surface area contributed by atoms with E-state index in [1.54, 1.807) is 6.20 Å². The Morgan fingerprint density at radius 2 is 2.08 bits per heavy atom. The molecule has 0 amide bonds. The Bertz CT molecular complexity index is 742. The summed E-state index contributed by atoms with van der Waals surface area (Å²) in [5.74, 6) is 1.34. The van der Waals surface area contributed by atoms with Crippen molar-refractivity contribution in [1.29, 1.82) is 0 Å². The number of thiazole rings is 1. The Balaban J connectivity index is 2.00. The van der Waals surface area contributed by atoms with Crippen LogP contribution in [0.5, 0.6) is 0 Å². The maximum atomic E-state index is 12.6. The van der Waals surface area contributed by atoms with Gasteiger partial charge in [0, 0.05) is 32.2 Å². The average molecular weight is 386 g/mol. The van der Waals surface area contributed by atoms with Crippen LogP contribution in [0.2, 0.25) is 0 Å². The van der Waals surface area contributed by atoms with Gasteiger partial charge in [-0.15, -0.1) is 11.3 Å². The summed E-state index contributed by atoms with van der Waals surface area (Å²) in [5, 5.41) is 7.43. The summed E-state index contributed by atoms with van der Waals surface area (Å²) in [6.45, 7) is 3.14. The summed E-state index contributed by atoms with van der Waals surface area (Å²) in [4.78, 5) is 14.2. The van der Waals surface area contributed by atoms with Crippen LogP contribution in [0.4, 0.5) is 19.0 Å². The molecule has 26 heavy (non-hydrogen) atoms. The van der Waals surface area contributed by atoms with Gasteiger partial charge in [0.2, 0.25) is 0 Å². The van der Waals surface area contributed by atoms with Gasteiger partial charge in [-0.1, -0.05) is 0 Å². The predicted molar refractivity (Wildman–Crippen MR) is 97.3 cm³/mol. The van der Waals surface area contributed by atoms with Crippen LogP contribution in [-0.2, 0) is 19.3 Å². The maximum absolute atomic E-state index is 12.6. The second kappa shape index (κ2) is 8.84. The first-order valence-corrected chi connectivity index (χ1v) is 8.83. The number of hydrogen-bond donors (Lipinski definition) is 2. The fourth-order valence-corrected chi connectivity index (χ4v) is 2.74. The van der Waals surface area contributed by atoms with Gasteiger partial charge in [-0.3, -0.25) is 0 Å². The molecule has 0 aliphatic heterocycles. The van der Waals surface area contributed by atoms with Crippen LogP contribution < -0.4 is 15.5 Å². The number of nitrogens with zero attached hydrogens (tertiary/aromatic N) is 4. The van der Waals surface area contributed by atoms with Crippen molar-refractivity contribution in [3.05, 3.63) is 40.0 Å². The van der Waals surface area contributed by atoms with Gasteiger partial charge in [-0.25, -0.2) is 15.0 Å². The molecule has 0 aliphatic carbocycles. The lowest BCUT2D eigenvalue weighted by Gasteiger charge is -2.12. The maximum Gasteiger partial charge on any atom is 0.434 e. The summed E-state index contributed by atoms with van der Waals surface area (Å²) in [5.41, 5.74) is 0.115. The average Bonchev–Trinajstić information content (AvgIpc) is 3.07. The zero-order chi connectivity index (χ0) is 19.2. The highest BCUT2D eigenvalue weighted by atomic mass is 32.1. The topological polar surface area (TPSA) is 65.4 Å². The molecule has 0 unspecified atom stereocenters. The Morgan fingerprint density at radius 1 is 1.31 bits per heavy atom. The first-order valence-electron chi connectivity index (χ1n) is 7.95. The quantitative estimate of drug-likeness (QED) is 0.590. The van der Waals surface area contributed by atoms with Crippen molar-refractivity contribution in [2.75, 3.05) is 25.5 Å². The summed E-state index contributed by atoms with van der Waals surface area (Å²) < 4.78 is 37.8. The minimum Gasteiger partial charge on any atom is -0.363 e. The standard InChI is InChI=1S/C16H21F3N6S/c1-4-20-15(22-8-11-5-6-21-13(7-11)25(2)3)23-9-14-24-12(10-26-14)16(17,18)19/h5-7,10H,4,8-9H2,1-3H3,(H2,20,22,23). The van der Waals surface area contributed by atoms with E-state index in [1.807, 2.05) is 38.1 Å². The van der Waals surface area contributed by atoms with Crippen LogP contribution >= 0.6 is 11.3 Å². The van der Waals surface area contributed by atoms with Crippen molar-refractivity contribution < 1.29 is 13.2 Å². The summed E-state index contributed by atoms with van der Waals surface area (Å²) >= 11 is 0.966. The molecule has 0 radical (unpaired) electrons. The predicted octanol–water partition coefficient (Wildman–Crippen LogP) is 2.88. The second-order valence-corrected chi connectivity index (χ2v) is 6.53. The Kier molecular flexibility index (Phi) is 6.78. The molecule has 2 heterocycles. The number of aromatic nitrogens is 2. The van der Waals surface area contributed by atoms with Crippen molar-refractivity contribution in [3.63, 3.8) is 0 Å². The molecule has 0 saturated carbocycles. The fraction of sp³-hybridized carbons (Fsp3) is 0.438. The first-order chi connectivity index (χ1) is 12.3. The number of anilines is 1. The van der Waals surface area contributed by atoms with Crippen LogP contribution in [0.25, 0.3) is 0 Å². The summed E-state index contributed by atoms with van der Waals surface area (Å²) in [7, 11) is 3.81. The number of alkyl halides is 3. The normalized spacial score (nSPS) is 12.2. The molecule has 0 fully saturated rings. The number of pyridine rings is 1. The van der Waals surface area contributed by atoms with Gasteiger partial charge >= 0.3 is 6.18 Å². The molecular formula is C16H21F3N6S. The molecule has 10 heteroatoms. The first kappa shape index (κ1) is 20.0. The van der Waals surface area contributed by atoms with Gasteiger partial charge in [0.05, 0.1) is 13.1 Å². The molecule has 2 rings (SSSR count). The minimum absolute atomic E-state index is 0.172. The number of nitrogens with one attached hydrogen (secondary N) is 2. The summed E-state index contributed by atoms with van der Waals surface area (Å²) in [6.07, 6.45) is -2.70. The monoisotopic (exact) mass is 386 g/mol. The number of halogens is 3. The SMILES string of the molecule is CCNC(=NCc1ccnc(N(C)C)c1)NCc1nc(C(F)(F)F)cs1. The lowest BCUT2D eigenvalue weighted by Crippen LogP contribution is -2.36. The molecule has 0 spiro atoms. The number of rotatable bonds is 6. The molecule has 2 aromatic rings. The summed E-state index contributed by atoms with van der Waals surface area (Å²) in [6, 6.07) is 3.81. The van der Waals surface area contributed by atoms with Crippen LogP contribution in [-0.4, -0.2) is 36.6 Å². The molecule has 2 N–H and O–H groups in total. The molecule has 0 atom stereocenters. The molecule has 0 aromatic carbocycles. The fourth-order valence-electron chi connectivity index (χ4n) is 2.00. The zero-order valence-electron chi connectivity index (χ0n) is 14.8. The van der Waals surface area contributed by atoms with E-state index in [1.165, 1.54) is 0 Å². The lowest BCUT2D eigenvalue weighted by molar-refractivity contribution is -0.140. The third kappa shape index (κ3) is 5.87. The highest BCUT2D eigenvalue weighted by molar-refractivity contribution is 7.09. The van der Waals surface area contributed by atoms with E-state index in [2.05, 4.69) is 25.6 Å². The van der Waals surface area contributed by atoms with Crippen LogP contribution in [0, 0.1) is 0 Å². The Labute approximate surface area is 154 Å². The van der Waals surface area contributed by atoms with E-state index in [0.29, 0.717) is 24.1 Å². The number of guanidine groups is 1. The number of aliphatic imine (C=N–C) groups is 1. The number of hydrogen-bond acceptors (Lipinski definition) is 5. The van der Waals surface area contributed by atoms with Gasteiger partial charge in [-0.05, 0) is 24.6 Å². The van der Waals surface area contributed by atoms with Crippen molar-refractivity contribution in [1.82, 2.24) is 20.6 Å². The highest BCUT2D eigenvalue weighted by Crippen LogP contribution is 2.29. The zero-order valence-corrected chi connectivity index (χ0v) is 15.6. The van der Waals surface area contributed by atoms with Crippen LogP contribution in [0.1, 0.15) is 23.2 Å². The molecule has 2 aromatic heterocycles. The van der Waals surface area contributed by atoms with Gasteiger partial charge in [0.1, 0.15) is 10.8 Å². The molecular weight excluding hydrogens is 365 g/mol. The van der Waals surface area contributed by atoms with E-state index in [9.17, 15) is 13.2 Å². The second-order valence-electron chi connectivity index (χ2n) is 5.59. The largest absolute Gasteiger partial charge is 0.434 e. The third-order valence-electron chi connectivity index (χ3n) is 3.28. The van der Waals surface area contributed by atoms with Gasteiger partial charge < -0.3 is 15.5 Å². The third-order valence-corrected chi connectivity index (χ3v) is 4.13. The minimum atomic E-state index is -4.42. The van der Waals surface area contributed by atoms with Crippen molar-refractivity contribution >= 4 is 23.1 Å². The van der Waals surface area contributed by atoms with Crippen LogP contribution in [0.3, 0.4) is 0 Å². The Hall–Kier alpha value is -2.36. The van der Waals surface area contributed by atoms with Gasteiger partial charge in [-0.2, -0.15) is 13.2 Å². The van der Waals surface area contributed by atoms with E-state index < -0.39 is 11.9 Å². The smallest absolute Gasteiger partial charge is 0.363 e. The van der Waals surface area contributed by atoms with Crippen molar-refractivity contribution in [2.45, 2.75) is 26.2 Å². The van der Waals surface area contributed by atoms with Crippen LogP contribution in [0.15, 0.2) is 28.7 Å². The van der Waals surface area contributed by atoms with E-state index in [-0.39, 0.29) is 6.54 Å². The lowest BCUT2D eigenvalue weighted by atomic mass is 10.2. The highest BCUT2D eigenvalue weighted by Gasteiger charge is 2.33. The molecule has 0 aliphatic rings. The Morgan fingerprint density at radius 3 is 2.69 bits per heavy atom. The van der Waals surface area contributed by atoms with Gasteiger partial charge in [0.15, 0.2) is 11.7 Å². The molecule has 6 nitrogen and oxygen atoms in total. The van der Waals surface area contributed by atoms with Crippen molar-refractivity contribution in [3.8, 4) is 0 Å². The van der Waals surface area contributed by atoms with Gasteiger partial charge in [0.25, 0.3) is 0 Å². The van der Waals surface area contributed by atoms with E-state index in [4.69, 9.17) is 0 Å². The van der Waals surface area contributed by atoms with E-state index in [0.717, 1.165) is 28.1 Å². The molecule has 142 valence electrons. The molecule has 0 saturated heterocycles. The van der Waals surface area contributed by atoms with Crippen molar-refractivity contribution in [2.24, 2.45) is 4.99 Å². The molecule has 0 bridgehead atoms. The van der Waals surface area contributed by atoms with E-state index >= 15 is 0 Å².